The molecular weight excluding hydrogens is 366 g/mol. The molecule has 0 aliphatic heterocycles. The highest BCUT2D eigenvalue weighted by atomic mass is 16.2. The van der Waals surface area contributed by atoms with E-state index >= 15 is 0 Å². The third-order valence-corrected chi connectivity index (χ3v) is 5.30. The Labute approximate surface area is 168 Å². The predicted octanol–water partition coefficient (Wildman–Crippen LogP) is 2.85. The minimum absolute atomic E-state index is 0.0154. The second-order valence-corrected chi connectivity index (χ2v) is 7.67. The maximum atomic E-state index is 12.5. The van der Waals surface area contributed by atoms with Crippen molar-refractivity contribution in [1.29, 1.82) is 0 Å². The summed E-state index contributed by atoms with van der Waals surface area (Å²) in [5.41, 5.74) is 9.04. The van der Waals surface area contributed by atoms with Gasteiger partial charge in [0.15, 0.2) is 0 Å². The van der Waals surface area contributed by atoms with Crippen molar-refractivity contribution in [3.63, 3.8) is 0 Å². The van der Waals surface area contributed by atoms with Crippen molar-refractivity contribution in [3.8, 4) is 11.3 Å². The molecule has 3 N–H and O–H groups in total. The van der Waals surface area contributed by atoms with Crippen LogP contribution >= 0.6 is 0 Å². The molecular formula is C22H23N5O2. The van der Waals surface area contributed by atoms with Crippen molar-refractivity contribution < 1.29 is 9.59 Å². The molecule has 148 valence electrons. The van der Waals surface area contributed by atoms with Crippen LogP contribution in [0.3, 0.4) is 0 Å². The van der Waals surface area contributed by atoms with E-state index in [0.29, 0.717) is 18.1 Å². The molecule has 7 nitrogen and oxygen atoms in total. The third kappa shape index (κ3) is 3.63. The number of aryl methyl sites for hydroxylation is 1. The van der Waals surface area contributed by atoms with Gasteiger partial charge in [-0.15, -0.1) is 0 Å². The molecule has 1 aliphatic rings. The first kappa shape index (κ1) is 18.9. The number of rotatable bonds is 4. The third-order valence-electron chi connectivity index (χ3n) is 5.30. The highest BCUT2D eigenvalue weighted by molar-refractivity contribution is 6.01. The Morgan fingerprint density at radius 2 is 1.93 bits per heavy atom. The lowest BCUT2D eigenvalue weighted by Crippen LogP contribution is -2.26. The summed E-state index contributed by atoms with van der Waals surface area (Å²) in [5.74, 6) is 0.0960. The van der Waals surface area contributed by atoms with Gasteiger partial charge in [0.1, 0.15) is 11.6 Å². The first-order chi connectivity index (χ1) is 13.8. The van der Waals surface area contributed by atoms with Gasteiger partial charge >= 0.3 is 0 Å². The second kappa shape index (κ2) is 7.16. The highest BCUT2D eigenvalue weighted by Gasteiger charge is 2.48. The number of nitrogen functional groups attached to an aromatic ring is 1. The fraction of sp³-hybridized carbons (Fsp3) is 0.273. The van der Waals surface area contributed by atoms with Crippen molar-refractivity contribution in [1.82, 2.24) is 14.9 Å². The maximum absolute atomic E-state index is 12.5. The number of nitrogens with two attached hydrogens (primary N) is 1. The first-order valence-electron chi connectivity index (χ1n) is 9.49. The summed E-state index contributed by atoms with van der Waals surface area (Å²) in [6, 6.07) is 11.7. The average molecular weight is 389 g/mol. The molecule has 0 saturated heterocycles. The molecule has 1 fully saturated rings. The molecule has 2 amide bonds. The molecule has 0 unspecified atom stereocenters. The Morgan fingerprint density at radius 3 is 2.66 bits per heavy atom. The van der Waals surface area contributed by atoms with E-state index in [1.165, 1.54) is 4.90 Å². The number of hydrogen-bond acceptors (Lipinski definition) is 5. The Bertz CT molecular complexity index is 1130. The zero-order valence-corrected chi connectivity index (χ0v) is 16.6. The number of fused-ring (bicyclic) bond motifs is 1. The topological polar surface area (TPSA) is 101 Å². The standard InChI is InChI=1S/C22H23N5O2/c1-12-6-4-5-7-14(12)18-8-13-9-19(24-11-17(13)20(23)25-18)26-21(28)15-10-16(15)22(29)27(2)3/h4-9,11,15-16H,10H2,1-3H3,(H2,23,25)(H,24,26,28)/t15-,16-/m1/s1. The van der Waals surface area contributed by atoms with E-state index in [9.17, 15) is 9.59 Å². The van der Waals surface area contributed by atoms with Crippen LogP contribution in [0.15, 0.2) is 42.6 Å². The molecule has 3 aromatic rings. The van der Waals surface area contributed by atoms with Crippen LogP contribution in [0, 0.1) is 18.8 Å². The number of nitrogens with zero attached hydrogens (tertiary/aromatic N) is 3. The van der Waals surface area contributed by atoms with Crippen molar-refractivity contribution >= 4 is 34.2 Å². The van der Waals surface area contributed by atoms with Gasteiger partial charge in [0, 0.05) is 31.2 Å². The highest BCUT2D eigenvalue weighted by Crippen LogP contribution is 2.40. The number of anilines is 2. The largest absolute Gasteiger partial charge is 0.383 e. The lowest BCUT2D eigenvalue weighted by atomic mass is 10.0. The Balaban J connectivity index is 1.60. The van der Waals surface area contributed by atoms with Gasteiger partial charge in [0.2, 0.25) is 11.8 Å². The summed E-state index contributed by atoms with van der Waals surface area (Å²) in [6.07, 6.45) is 2.19. The lowest BCUT2D eigenvalue weighted by molar-refractivity contribution is -0.131. The van der Waals surface area contributed by atoms with Crippen LogP contribution in [-0.2, 0) is 9.59 Å². The van der Waals surface area contributed by atoms with E-state index < -0.39 is 0 Å². The number of hydrogen-bond donors (Lipinski definition) is 2. The number of amides is 2. The van der Waals surface area contributed by atoms with E-state index in [1.807, 2.05) is 37.3 Å². The number of pyridine rings is 2. The van der Waals surface area contributed by atoms with Crippen molar-refractivity contribution in [2.24, 2.45) is 11.8 Å². The van der Waals surface area contributed by atoms with Gasteiger partial charge in [0.25, 0.3) is 0 Å². The van der Waals surface area contributed by atoms with Gasteiger partial charge in [0.05, 0.1) is 17.5 Å². The summed E-state index contributed by atoms with van der Waals surface area (Å²) in [7, 11) is 3.40. The number of benzene rings is 1. The summed E-state index contributed by atoms with van der Waals surface area (Å²) in [4.78, 5) is 34.8. The van der Waals surface area contributed by atoms with Gasteiger partial charge in [-0.05, 0) is 36.4 Å². The van der Waals surface area contributed by atoms with Crippen molar-refractivity contribution in [2.75, 3.05) is 25.1 Å². The van der Waals surface area contributed by atoms with Crippen LogP contribution in [-0.4, -0.2) is 40.8 Å². The minimum atomic E-state index is -0.299. The van der Waals surface area contributed by atoms with Crippen LogP contribution < -0.4 is 11.1 Å². The number of carbonyl (C=O) groups is 2. The fourth-order valence-electron chi connectivity index (χ4n) is 3.55. The van der Waals surface area contributed by atoms with E-state index in [2.05, 4.69) is 15.3 Å². The lowest BCUT2D eigenvalue weighted by Gasteiger charge is -2.11. The molecule has 1 saturated carbocycles. The molecule has 29 heavy (non-hydrogen) atoms. The average Bonchev–Trinajstić information content (AvgIpc) is 3.48. The fourth-order valence-corrected chi connectivity index (χ4v) is 3.55. The van der Waals surface area contributed by atoms with Crippen LogP contribution in [0.5, 0.6) is 0 Å². The zero-order valence-electron chi connectivity index (χ0n) is 16.6. The van der Waals surface area contributed by atoms with E-state index in [0.717, 1.165) is 27.6 Å². The van der Waals surface area contributed by atoms with Crippen molar-refractivity contribution in [2.45, 2.75) is 13.3 Å². The summed E-state index contributed by atoms with van der Waals surface area (Å²) >= 11 is 0. The van der Waals surface area contributed by atoms with E-state index in [4.69, 9.17) is 5.73 Å². The quantitative estimate of drug-likeness (QED) is 0.714. The van der Waals surface area contributed by atoms with Gasteiger partial charge in [-0.25, -0.2) is 9.97 Å². The van der Waals surface area contributed by atoms with Gasteiger partial charge in [-0.1, -0.05) is 24.3 Å². The molecule has 0 spiro atoms. The molecule has 7 heteroatoms. The summed E-state index contributed by atoms with van der Waals surface area (Å²) in [6.45, 7) is 2.02. The van der Waals surface area contributed by atoms with Crippen LogP contribution in [0.1, 0.15) is 12.0 Å². The molecule has 1 aliphatic carbocycles. The molecule has 2 atom stereocenters. The normalized spacial score (nSPS) is 17.8. The van der Waals surface area contributed by atoms with Crippen LogP contribution in [0.2, 0.25) is 0 Å². The van der Waals surface area contributed by atoms with Gasteiger partial charge in [-0.3, -0.25) is 9.59 Å². The zero-order chi connectivity index (χ0) is 20.7. The number of carbonyl (C=O) groups excluding carboxylic acids is 2. The van der Waals surface area contributed by atoms with Crippen LogP contribution in [0.25, 0.3) is 22.0 Å². The van der Waals surface area contributed by atoms with E-state index in [-0.39, 0.29) is 23.7 Å². The minimum Gasteiger partial charge on any atom is -0.383 e. The predicted molar refractivity (Wildman–Crippen MR) is 113 cm³/mol. The molecule has 2 heterocycles. The van der Waals surface area contributed by atoms with Crippen LogP contribution in [0.4, 0.5) is 11.6 Å². The smallest absolute Gasteiger partial charge is 0.229 e. The van der Waals surface area contributed by atoms with Gasteiger partial charge in [-0.2, -0.15) is 0 Å². The Kier molecular flexibility index (Phi) is 4.66. The number of aromatic nitrogens is 2. The number of nitrogens with one attached hydrogen (secondary N) is 1. The molecule has 4 rings (SSSR count). The Hall–Kier alpha value is -3.48. The second-order valence-electron chi connectivity index (χ2n) is 7.67. The maximum Gasteiger partial charge on any atom is 0.229 e. The molecule has 0 bridgehead atoms. The van der Waals surface area contributed by atoms with E-state index in [1.54, 1.807) is 26.4 Å². The van der Waals surface area contributed by atoms with Gasteiger partial charge < -0.3 is 16.0 Å². The Morgan fingerprint density at radius 1 is 1.17 bits per heavy atom. The SMILES string of the molecule is Cc1ccccc1-c1cc2cc(NC(=O)[C@@H]3C[C@H]3C(=O)N(C)C)ncc2c(N)n1. The monoisotopic (exact) mass is 389 g/mol. The first-order valence-corrected chi connectivity index (χ1v) is 9.49. The summed E-state index contributed by atoms with van der Waals surface area (Å²) in [5, 5.41) is 4.40. The summed E-state index contributed by atoms with van der Waals surface area (Å²) < 4.78 is 0. The molecule has 0 radical (unpaired) electrons. The molecule has 1 aromatic carbocycles. The molecule has 2 aromatic heterocycles. The van der Waals surface area contributed by atoms with Crippen molar-refractivity contribution in [3.05, 3.63) is 48.2 Å².